The monoisotopic (exact) mass is 250 g/mol. The largest absolute Gasteiger partial charge is 0.323 e. The number of nitrogens with two attached hydrogens (primary N) is 1. The standard InChI is InChI=1S/C13H22N4O/c1-9(2)15-7-5-6-11-8-17(10(3)4)13(18)16-12(11)14/h8-10,12,15H,7,14H2,1-4H3,(H,16,18). The third-order valence-corrected chi connectivity index (χ3v) is 2.51. The number of hydrogen-bond acceptors (Lipinski definition) is 3. The van der Waals surface area contributed by atoms with Crippen LogP contribution in [0.5, 0.6) is 0 Å². The Morgan fingerprint density at radius 2 is 2.17 bits per heavy atom. The maximum Gasteiger partial charge on any atom is 0.323 e. The normalized spacial score (nSPS) is 19.5. The minimum atomic E-state index is -0.515. The number of hydrogen-bond donors (Lipinski definition) is 3. The molecule has 1 aliphatic heterocycles. The van der Waals surface area contributed by atoms with Crippen molar-refractivity contribution in [2.45, 2.75) is 45.9 Å². The summed E-state index contributed by atoms with van der Waals surface area (Å²) in [6, 6.07) is 0.312. The number of carbonyl (C=O) groups is 1. The van der Waals surface area contributed by atoms with Crippen LogP contribution < -0.4 is 16.4 Å². The predicted octanol–water partition coefficient (Wildman–Crippen LogP) is 0.590. The van der Waals surface area contributed by atoms with E-state index in [-0.39, 0.29) is 12.1 Å². The number of carbonyl (C=O) groups excluding carboxylic acids is 1. The van der Waals surface area contributed by atoms with E-state index in [0.717, 1.165) is 5.57 Å². The second kappa shape index (κ2) is 6.43. The third kappa shape index (κ3) is 4.06. The molecule has 5 heteroatoms. The molecule has 0 spiro atoms. The minimum absolute atomic E-state index is 0.0862. The summed E-state index contributed by atoms with van der Waals surface area (Å²) < 4.78 is 0. The maximum atomic E-state index is 11.6. The van der Waals surface area contributed by atoms with Gasteiger partial charge in [-0.1, -0.05) is 11.8 Å². The molecule has 0 aromatic heterocycles. The molecule has 18 heavy (non-hydrogen) atoms. The van der Waals surface area contributed by atoms with Crippen LogP contribution >= 0.6 is 0 Å². The topological polar surface area (TPSA) is 70.4 Å². The Morgan fingerprint density at radius 1 is 1.50 bits per heavy atom. The van der Waals surface area contributed by atoms with Gasteiger partial charge >= 0.3 is 6.03 Å². The number of nitrogens with one attached hydrogen (secondary N) is 2. The SMILES string of the molecule is CC(C)NCC#CC1=CN(C(C)C)C(=O)NC1N. The van der Waals surface area contributed by atoms with Crippen molar-refractivity contribution in [3.8, 4) is 11.8 Å². The Hall–Kier alpha value is -1.51. The first-order valence-corrected chi connectivity index (χ1v) is 6.20. The van der Waals surface area contributed by atoms with Crippen molar-refractivity contribution in [1.29, 1.82) is 0 Å². The van der Waals surface area contributed by atoms with E-state index in [9.17, 15) is 4.79 Å². The molecule has 1 aliphatic rings. The van der Waals surface area contributed by atoms with Gasteiger partial charge < -0.3 is 16.4 Å². The summed E-state index contributed by atoms with van der Waals surface area (Å²) in [5.41, 5.74) is 6.55. The van der Waals surface area contributed by atoms with Gasteiger partial charge in [-0.05, 0) is 27.7 Å². The fraction of sp³-hybridized carbons (Fsp3) is 0.615. The Balaban J connectivity index is 2.73. The van der Waals surface area contributed by atoms with Crippen molar-refractivity contribution in [3.63, 3.8) is 0 Å². The van der Waals surface area contributed by atoms with Gasteiger partial charge in [0.15, 0.2) is 0 Å². The molecule has 1 rings (SSSR count). The van der Waals surface area contributed by atoms with Gasteiger partial charge in [-0.3, -0.25) is 4.90 Å². The van der Waals surface area contributed by atoms with Crippen molar-refractivity contribution in [2.24, 2.45) is 5.73 Å². The minimum Gasteiger partial charge on any atom is -0.318 e. The molecule has 1 atom stereocenters. The van der Waals surface area contributed by atoms with E-state index in [4.69, 9.17) is 5.73 Å². The molecule has 0 saturated carbocycles. The summed E-state index contributed by atoms with van der Waals surface area (Å²) in [6.07, 6.45) is 1.22. The second-order valence-electron chi connectivity index (χ2n) is 4.85. The van der Waals surface area contributed by atoms with Crippen LogP contribution in [-0.4, -0.2) is 35.7 Å². The summed E-state index contributed by atoms with van der Waals surface area (Å²) in [5, 5.41) is 5.88. The van der Waals surface area contributed by atoms with Gasteiger partial charge in [0.25, 0.3) is 0 Å². The summed E-state index contributed by atoms with van der Waals surface area (Å²) in [5.74, 6) is 6.00. The summed E-state index contributed by atoms with van der Waals surface area (Å²) in [6.45, 7) is 8.62. The van der Waals surface area contributed by atoms with Crippen molar-refractivity contribution in [3.05, 3.63) is 11.8 Å². The zero-order valence-corrected chi connectivity index (χ0v) is 11.4. The number of urea groups is 1. The quantitative estimate of drug-likeness (QED) is 0.642. The molecule has 4 N–H and O–H groups in total. The summed E-state index contributed by atoms with van der Waals surface area (Å²) >= 11 is 0. The van der Waals surface area contributed by atoms with Crippen LogP contribution in [0.2, 0.25) is 0 Å². The smallest absolute Gasteiger partial charge is 0.318 e. The highest BCUT2D eigenvalue weighted by molar-refractivity contribution is 5.78. The van der Waals surface area contributed by atoms with Crippen molar-refractivity contribution >= 4 is 6.03 Å². The van der Waals surface area contributed by atoms with Crippen LogP contribution in [0.1, 0.15) is 27.7 Å². The Morgan fingerprint density at radius 3 is 2.72 bits per heavy atom. The zero-order chi connectivity index (χ0) is 13.7. The lowest BCUT2D eigenvalue weighted by molar-refractivity contribution is 0.198. The molecule has 0 fully saturated rings. The second-order valence-corrected chi connectivity index (χ2v) is 4.85. The molecule has 1 unspecified atom stereocenters. The summed E-state index contributed by atoms with van der Waals surface area (Å²) in [7, 11) is 0. The van der Waals surface area contributed by atoms with Gasteiger partial charge in [-0.2, -0.15) is 0 Å². The molecule has 1 heterocycles. The highest BCUT2D eigenvalue weighted by Gasteiger charge is 2.24. The van der Waals surface area contributed by atoms with Crippen molar-refractivity contribution in [1.82, 2.24) is 15.5 Å². The molecular weight excluding hydrogens is 228 g/mol. The van der Waals surface area contributed by atoms with Gasteiger partial charge in [0, 0.05) is 18.3 Å². The highest BCUT2D eigenvalue weighted by Crippen LogP contribution is 2.10. The summed E-state index contributed by atoms with van der Waals surface area (Å²) in [4.78, 5) is 13.2. The highest BCUT2D eigenvalue weighted by atomic mass is 16.2. The van der Waals surface area contributed by atoms with Gasteiger partial charge in [-0.15, -0.1) is 0 Å². The fourth-order valence-electron chi connectivity index (χ4n) is 1.47. The van der Waals surface area contributed by atoms with Crippen LogP contribution in [0.4, 0.5) is 4.79 Å². The Kier molecular flexibility index (Phi) is 5.20. The average Bonchev–Trinajstić information content (AvgIpc) is 2.25. The van der Waals surface area contributed by atoms with Crippen molar-refractivity contribution in [2.75, 3.05) is 6.54 Å². The molecule has 5 nitrogen and oxygen atoms in total. The molecule has 0 radical (unpaired) electrons. The third-order valence-electron chi connectivity index (χ3n) is 2.51. The first-order valence-electron chi connectivity index (χ1n) is 6.20. The Bertz CT molecular complexity index is 390. The van der Waals surface area contributed by atoms with E-state index in [2.05, 4.69) is 36.3 Å². The first kappa shape index (κ1) is 14.6. The molecule has 0 aromatic rings. The zero-order valence-electron chi connectivity index (χ0n) is 11.4. The number of nitrogens with zero attached hydrogens (tertiary/aromatic N) is 1. The average molecular weight is 250 g/mol. The van der Waals surface area contributed by atoms with Gasteiger partial charge in [0.1, 0.15) is 6.17 Å². The predicted molar refractivity (Wildman–Crippen MR) is 72.5 cm³/mol. The van der Waals surface area contributed by atoms with Crippen LogP contribution in [0.15, 0.2) is 11.8 Å². The van der Waals surface area contributed by atoms with Crippen molar-refractivity contribution < 1.29 is 4.79 Å². The lowest BCUT2D eigenvalue weighted by atomic mass is 10.2. The van der Waals surface area contributed by atoms with E-state index in [1.54, 1.807) is 11.1 Å². The van der Waals surface area contributed by atoms with E-state index in [1.807, 2.05) is 13.8 Å². The van der Waals surface area contributed by atoms with Crippen LogP contribution in [0, 0.1) is 11.8 Å². The molecule has 2 amide bonds. The number of amides is 2. The number of rotatable bonds is 3. The lowest BCUT2D eigenvalue weighted by Gasteiger charge is -2.30. The van der Waals surface area contributed by atoms with E-state index >= 15 is 0 Å². The fourth-order valence-corrected chi connectivity index (χ4v) is 1.47. The van der Waals surface area contributed by atoms with E-state index in [1.165, 1.54) is 0 Å². The molecule has 0 aromatic carbocycles. The molecule has 0 saturated heterocycles. The first-order chi connectivity index (χ1) is 8.41. The van der Waals surface area contributed by atoms with Gasteiger partial charge in [0.2, 0.25) is 0 Å². The molecule has 0 bridgehead atoms. The Labute approximate surface area is 109 Å². The van der Waals surface area contributed by atoms with Gasteiger partial charge in [0.05, 0.1) is 12.1 Å². The van der Waals surface area contributed by atoms with Crippen LogP contribution in [0.3, 0.4) is 0 Å². The van der Waals surface area contributed by atoms with Gasteiger partial charge in [-0.25, -0.2) is 4.79 Å². The van der Waals surface area contributed by atoms with Crippen LogP contribution in [0.25, 0.3) is 0 Å². The molecular formula is C13H22N4O. The lowest BCUT2D eigenvalue weighted by Crippen LogP contribution is -2.53. The van der Waals surface area contributed by atoms with Crippen LogP contribution in [-0.2, 0) is 0 Å². The van der Waals surface area contributed by atoms with E-state index in [0.29, 0.717) is 12.6 Å². The molecule has 0 aliphatic carbocycles. The maximum absolute atomic E-state index is 11.6. The van der Waals surface area contributed by atoms with E-state index < -0.39 is 6.17 Å². The molecule has 100 valence electrons.